The van der Waals surface area contributed by atoms with E-state index in [4.69, 9.17) is 10.2 Å². The Kier molecular flexibility index (Phi) is 5.58. The molecule has 1 aliphatic heterocycles. The quantitative estimate of drug-likeness (QED) is 0.792. The first-order valence-corrected chi connectivity index (χ1v) is 9.07. The Labute approximate surface area is 146 Å². The van der Waals surface area contributed by atoms with Crippen LogP contribution in [-0.4, -0.2) is 29.6 Å². The molecule has 6 heteroatoms. The van der Waals surface area contributed by atoms with Crippen LogP contribution in [0.25, 0.3) is 0 Å². The van der Waals surface area contributed by atoms with E-state index >= 15 is 0 Å². The minimum atomic E-state index is -2.60. The molecule has 0 radical (unpaired) electrons. The maximum Gasteiger partial charge on any atom is 0.265 e. The number of aliphatic hydroxyl groups is 2. The van der Waals surface area contributed by atoms with Gasteiger partial charge in [0.25, 0.3) is 6.43 Å². The molecule has 1 heterocycles. The maximum atomic E-state index is 13.5. The highest BCUT2D eigenvalue weighted by molar-refractivity contribution is 5.55. The van der Waals surface area contributed by atoms with E-state index in [9.17, 15) is 13.2 Å². The monoisotopic (exact) mass is 357 g/mol. The predicted octanol–water partition coefficient (Wildman–Crippen LogP) is 4.24. The molecule has 2 fully saturated rings. The Bertz CT molecular complexity index is 576. The van der Waals surface area contributed by atoms with Crippen LogP contribution in [0.5, 0.6) is 0 Å². The first-order chi connectivity index (χ1) is 11.9. The lowest BCUT2D eigenvalue weighted by Crippen LogP contribution is -2.42. The highest BCUT2D eigenvalue weighted by Crippen LogP contribution is 2.48. The summed E-state index contributed by atoms with van der Waals surface area (Å²) >= 11 is 0. The fourth-order valence-electron chi connectivity index (χ4n) is 4.52. The van der Waals surface area contributed by atoms with E-state index in [2.05, 4.69) is 0 Å². The third-order valence-electron chi connectivity index (χ3n) is 6.10. The molecular formula is C19H26F3NO2. The van der Waals surface area contributed by atoms with Crippen molar-refractivity contribution in [2.45, 2.75) is 57.7 Å². The third-order valence-corrected chi connectivity index (χ3v) is 6.10. The first kappa shape index (κ1) is 18.5. The van der Waals surface area contributed by atoms with Crippen LogP contribution >= 0.6 is 0 Å². The Morgan fingerprint density at radius 3 is 2.28 bits per heavy atom. The molecule has 1 aromatic rings. The summed E-state index contributed by atoms with van der Waals surface area (Å²) in [6.07, 6.45) is 2.49. The number of halogens is 3. The molecule has 2 N–H and O–H groups in total. The lowest BCUT2D eigenvalue weighted by atomic mass is 9.65. The van der Waals surface area contributed by atoms with Crippen molar-refractivity contribution in [1.82, 2.24) is 0 Å². The molecule has 140 valence electrons. The van der Waals surface area contributed by atoms with Gasteiger partial charge in [-0.05, 0) is 68.1 Å². The van der Waals surface area contributed by atoms with E-state index < -0.39 is 18.5 Å². The molecule has 1 saturated carbocycles. The van der Waals surface area contributed by atoms with Gasteiger partial charge in [0.15, 0.2) is 6.29 Å². The summed E-state index contributed by atoms with van der Waals surface area (Å²) in [4.78, 5) is 1.89. The fourth-order valence-corrected chi connectivity index (χ4v) is 4.52. The summed E-state index contributed by atoms with van der Waals surface area (Å²) in [5.74, 6) is -0.125. The normalized spacial score (nSPS) is 21.5. The number of rotatable bonds is 4. The zero-order chi connectivity index (χ0) is 18.0. The first-order valence-electron chi connectivity index (χ1n) is 9.07. The lowest BCUT2D eigenvalue weighted by molar-refractivity contribution is -0.0633. The van der Waals surface area contributed by atoms with Gasteiger partial charge in [0.2, 0.25) is 0 Å². The second-order valence-electron chi connectivity index (χ2n) is 7.65. The van der Waals surface area contributed by atoms with E-state index in [1.807, 2.05) is 4.90 Å². The molecular weight excluding hydrogens is 331 g/mol. The van der Waals surface area contributed by atoms with E-state index in [-0.39, 0.29) is 11.0 Å². The van der Waals surface area contributed by atoms with Crippen LogP contribution in [0.2, 0.25) is 0 Å². The average molecular weight is 357 g/mol. The summed E-state index contributed by atoms with van der Waals surface area (Å²) in [6, 6.07) is 3.50. The van der Waals surface area contributed by atoms with Crippen molar-refractivity contribution in [1.29, 1.82) is 0 Å². The zero-order valence-corrected chi connectivity index (χ0v) is 14.3. The van der Waals surface area contributed by atoms with Crippen molar-refractivity contribution in [2.24, 2.45) is 11.3 Å². The number of piperidine rings is 1. The number of anilines is 1. The van der Waals surface area contributed by atoms with Gasteiger partial charge in [-0.25, -0.2) is 13.2 Å². The van der Waals surface area contributed by atoms with E-state index in [1.54, 1.807) is 0 Å². The molecule has 1 spiro atoms. The van der Waals surface area contributed by atoms with Gasteiger partial charge in [0, 0.05) is 30.8 Å². The summed E-state index contributed by atoms with van der Waals surface area (Å²) < 4.78 is 40.0. The van der Waals surface area contributed by atoms with Crippen LogP contribution in [0.4, 0.5) is 18.9 Å². The van der Waals surface area contributed by atoms with Gasteiger partial charge < -0.3 is 15.1 Å². The Hall–Kier alpha value is -1.27. The van der Waals surface area contributed by atoms with Gasteiger partial charge in [0.1, 0.15) is 5.82 Å². The number of nitrogens with zero attached hydrogens (tertiary/aromatic N) is 1. The van der Waals surface area contributed by atoms with Crippen molar-refractivity contribution in [2.75, 3.05) is 18.0 Å². The summed E-state index contributed by atoms with van der Waals surface area (Å²) in [5, 5.41) is 18.2. The van der Waals surface area contributed by atoms with Crippen LogP contribution in [0.3, 0.4) is 0 Å². The zero-order valence-electron chi connectivity index (χ0n) is 14.3. The maximum absolute atomic E-state index is 13.5. The van der Waals surface area contributed by atoms with Gasteiger partial charge in [-0.1, -0.05) is 0 Å². The molecule has 3 nitrogen and oxygen atoms in total. The highest BCUT2D eigenvalue weighted by atomic mass is 19.3. The van der Waals surface area contributed by atoms with Gasteiger partial charge in [0.05, 0.1) is 0 Å². The van der Waals surface area contributed by atoms with Gasteiger partial charge in [-0.3, -0.25) is 0 Å². The third kappa shape index (κ3) is 4.29. The minimum absolute atomic E-state index is 0.0991. The molecule has 0 bridgehead atoms. The van der Waals surface area contributed by atoms with Gasteiger partial charge in [-0.15, -0.1) is 0 Å². The molecule has 25 heavy (non-hydrogen) atoms. The minimum Gasteiger partial charge on any atom is -0.371 e. The number of benzene rings is 1. The molecule has 0 atom stereocenters. The van der Waals surface area contributed by atoms with Crippen molar-refractivity contribution in [3.63, 3.8) is 0 Å². The standard InChI is InChI=1S/C19H26F3NO2/c20-14-1-2-15(18(21)22)16(12-14)23-9-7-19(8-10-23)5-3-13(4-6-19)11-17(24)25/h1-2,12-13,17-18,24-25H,3-11H2. The van der Waals surface area contributed by atoms with E-state index in [0.717, 1.165) is 44.6 Å². The van der Waals surface area contributed by atoms with Crippen LogP contribution < -0.4 is 4.90 Å². The highest BCUT2D eigenvalue weighted by Gasteiger charge is 2.38. The molecule has 0 amide bonds. The molecule has 1 saturated heterocycles. The Morgan fingerprint density at radius 2 is 1.72 bits per heavy atom. The topological polar surface area (TPSA) is 43.7 Å². The number of aliphatic hydroxyl groups excluding tert-OH is 1. The molecule has 3 rings (SSSR count). The predicted molar refractivity (Wildman–Crippen MR) is 90.0 cm³/mol. The Morgan fingerprint density at radius 1 is 1.08 bits per heavy atom. The summed E-state index contributed by atoms with van der Waals surface area (Å²) in [5.41, 5.74) is 0.450. The summed E-state index contributed by atoms with van der Waals surface area (Å²) in [7, 11) is 0. The SMILES string of the molecule is OC(O)CC1CCC2(CC1)CCN(c1cc(F)ccc1C(F)F)CC2. The lowest BCUT2D eigenvalue weighted by Gasteiger charge is -2.47. The molecule has 1 aromatic carbocycles. The van der Waals surface area contributed by atoms with Crippen molar-refractivity contribution >= 4 is 5.69 Å². The van der Waals surface area contributed by atoms with Crippen molar-refractivity contribution < 1.29 is 23.4 Å². The van der Waals surface area contributed by atoms with Crippen LogP contribution in [-0.2, 0) is 0 Å². The van der Waals surface area contributed by atoms with Gasteiger partial charge >= 0.3 is 0 Å². The number of hydrogen-bond donors (Lipinski definition) is 2. The van der Waals surface area contributed by atoms with E-state index in [0.29, 0.717) is 31.1 Å². The van der Waals surface area contributed by atoms with Crippen LogP contribution in [0.1, 0.15) is 56.9 Å². The smallest absolute Gasteiger partial charge is 0.265 e. The molecule has 1 aliphatic carbocycles. The fraction of sp³-hybridized carbons (Fsp3) is 0.684. The van der Waals surface area contributed by atoms with Crippen LogP contribution in [0.15, 0.2) is 18.2 Å². The van der Waals surface area contributed by atoms with Gasteiger partial charge in [-0.2, -0.15) is 0 Å². The van der Waals surface area contributed by atoms with E-state index in [1.165, 1.54) is 12.1 Å². The second kappa shape index (κ2) is 7.54. The van der Waals surface area contributed by atoms with Crippen molar-refractivity contribution in [3.8, 4) is 0 Å². The van der Waals surface area contributed by atoms with Crippen LogP contribution in [0, 0.1) is 17.2 Å². The molecule has 2 aliphatic rings. The average Bonchev–Trinajstić information content (AvgIpc) is 2.57. The number of alkyl halides is 2. The van der Waals surface area contributed by atoms with Crippen molar-refractivity contribution in [3.05, 3.63) is 29.6 Å². The Balaban J connectivity index is 1.62. The molecule has 0 unspecified atom stereocenters. The molecule has 0 aromatic heterocycles. The summed E-state index contributed by atoms with van der Waals surface area (Å²) in [6.45, 7) is 1.33. The second-order valence-corrected chi connectivity index (χ2v) is 7.65. The largest absolute Gasteiger partial charge is 0.371 e. The number of hydrogen-bond acceptors (Lipinski definition) is 3.